The standard InChI is InChI=1S/C8H6N2O4/c11-6-3-7(12)10(8(13)9-6)5-1-2-14-4-5/h1-2,4H,3H2,(H,9,11,13). The summed E-state index contributed by atoms with van der Waals surface area (Å²) < 4.78 is 4.73. The van der Waals surface area contributed by atoms with Crippen LogP contribution in [0.2, 0.25) is 0 Å². The molecule has 0 radical (unpaired) electrons. The molecule has 2 rings (SSSR count). The molecule has 6 heteroatoms. The predicted octanol–water partition coefficient (Wildman–Crippen LogP) is 0.253. The van der Waals surface area contributed by atoms with E-state index < -0.39 is 17.8 Å². The van der Waals surface area contributed by atoms with E-state index in [1.165, 1.54) is 18.6 Å². The van der Waals surface area contributed by atoms with Crippen LogP contribution in [0.4, 0.5) is 10.5 Å². The highest BCUT2D eigenvalue weighted by atomic mass is 16.3. The zero-order valence-corrected chi connectivity index (χ0v) is 7.02. The number of hydrogen-bond acceptors (Lipinski definition) is 4. The summed E-state index contributed by atoms with van der Waals surface area (Å²) in [5.41, 5.74) is 0.319. The van der Waals surface area contributed by atoms with E-state index in [9.17, 15) is 14.4 Å². The van der Waals surface area contributed by atoms with Gasteiger partial charge in [-0.25, -0.2) is 9.69 Å². The van der Waals surface area contributed by atoms with Crippen LogP contribution < -0.4 is 10.2 Å². The summed E-state index contributed by atoms with van der Waals surface area (Å²) in [4.78, 5) is 34.2. The van der Waals surface area contributed by atoms with Gasteiger partial charge in [-0.3, -0.25) is 14.9 Å². The van der Waals surface area contributed by atoms with Gasteiger partial charge in [0.1, 0.15) is 12.7 Å². The molecule has 0 unspecified atom stereocenters. The first-order chi connectivity index (χ1) is 6.68. The lowest BCUT2D eigenvalue weighted by Gasteiger charge is -2.22. The fourth-order valence-corrected chi connectivity index (χ4v) is 1.19. The maximum atomic E-state index is 11.3. The van der Waals surface area contributed by atoms with Crippen molar-refractivity contribution in [1.82, 2.24) is 5.32 Å². The Morgan fingerprint density at radius 3 is 2.71 bits per heavy atom. The van der Waals surface area contributed by atoms with E-state index in [-0.39, 0.29) is 6.42 Å². The van der Waals surface area contributed by atoms with Gasteiger partial charge in [0, 0.05) is 6.07 Å². The van der Waals surface area contributed by atoms with Crippen LogP contribution in [0.1, 0.15) is 6.42 Å². The van der Waals surface area contributed by atoms with Gasteiger partial charge in [0.15, 0.2) is 0 Å². The number of carbonyl (C=O) groups is 3. The van der Waals surface area contributed by atoms with Crippen LogP contribution in [0, 0.1) is 0 Å². The Morgan fingerprint density at radius 1 is 1.36 bits per heavy atom. The summed E-state index contributed by atoms with van der Waals surface area (Å²) in [5.74, 6) is -1.14. The first kappa shape index (κ1) is 8.49. The SMILES string of the molecule is O=C1CC(=O)N(c2ccoc2)C(=O)N1. The fraction of sp³-hybridized carbons (Fsp3) is 0.125. The Kier molecular flexibility index (Phi) is 1.81. The number of nitrogens with one attached hydrogen (secondary N) is 1. The van der Waals surface area contributed by atoms with Gasteiger partial charge in [-0.1, -0.05) is 0 Å². The second-order valence-corrected chi connectivity index (χ2v) is 2.74. The second-order valence-electron chi connectivity index (χ2n) is 2.74. The van der Waals surface area contributed by atoms with Gasteiger partial charge in [-0.2, -0.15) is 0 Å². The number of rotatable bonds is 1. The van der Waals surface area contributed by atoms with Gasteiger partial charge in [0.05, 0.1) is 12.0 Å². The fourth-order valence-electron chi connectivity index (χ4n) is 1.19. The Hall–Kier alpha value is -2.11. The van der Waals surface area contributed by atoms with Crippen molar-refractivity contribution in [2.45, 2.75) is 6.42 Å². The number of urea groups is 1. The van der Waals surface area contributed by atoms with Crippen molar-refractivity contribution in [3.05, 3.63) is 18.6 Å². The van der Waals surface area contributed by atoms with Gasteiger partial charge in [-0.15, -0.1) is 0 Å². The second kappa shape index (κ2) is 2.99. The number of barbiturate groups is 1. The van der Waals surface area contributed by atoms with Gasteiger partial charge in [0.2, 0.25) is 11.8 Å². The highest BCUT2D eigenvalue weighted by molar-refractivity contribution is 6.26. The minimum absolute atomic E-state index is 0.319. The number of furan rings is 1. The molecule has 6 nitrogen and oxygen atoms in total. The van der Waals surface area contributed by atoms with Crippen LogP contribution in [0.15, 0.2) is 23.0 Å². The molecule has 4 amide bonds. The van der Waals surface area contributed by atoms with Crippen LogP contribution in [0.5, 0.6) is 0 Å². The van der Waals surface area contributed by atoms with Crippen molar-refractivity contribution in [3.63, 3.8) is 0 Å². The highest BCUT2D eigenvalue weighted by Gasteiger charge is 2.32. The average molecular weight is 194 g/mol. The summed E-state index contributed by atoms with van der Waals surface area (Å²) in [5, 5.41) is 2.03. The van der Waals surface area contributed by atoms with E-state index in [4.69, 9.17) is 4.42 Å². The molecule has 1 aromatic heterocycles. The summed E-state index contributed by atoms with van der Waals surface area (Å²) >= 11 is 0. The molecule has 0 aromatic carbocycles. The molecule has 2 heterocycles. The minimum atomic E-state index is -0.743. The van der Waals surface area contributed by atoms with Crippen molar-refractivity contribution < 1.29 is 18.8 Å². The van der Waals surface area contributed by atoms with Crippen LogP contribution in [-0.4, -0.2) is 17.8 Å². The third-order valence-corrected chi connectivity index (χ3v) is 1.77. The molecule has 1 N–H and O–H groups in total. The van der Waals surface area contributed by atoms with Gasteiger partial charge in [0.25, 0.3) is 0 Å². The topological polar surface area (TPSA) is 79.6 Å². The summed E-state index contributed by atoms with van der Waals surface area (Å²) in [6, 6.07) is 0.723. The van der Waals surface area contributed by atoms with Crippen LogP contribution in [-0.2, 0) is 9.59 Å². The number of nitrogens with zero attached hydrogens (tertiary/aromatic N) is 1. The van der Waals surface area contributed by atoms with Crippen molar-refractivity contribution in [2.24, 2.45) is 0 Å². The Morgan fingerprint density at radius 2 is 2.14 bits per heavy atom. The van der Waals surface area contributed by atoms with Crippen molar-refractivity contribution in [3.8, 4) is 0 Å². The first-order valence-electron chi connectivity index (χ1n) is 3.87. The van der Waals surface area contributed by atoms with E-state index in [2.05, 4.69) is 0 Å². The summed E-state index contributed by atoms with van der Waals surface area (Å²) in [7, 11) is 0. The smallest absolute Gasteiger partial charge is 0.335 e. The number of amides is 4. The molecular weight excluding hydrogens is 188 g/mol. The lowest BCUT2D eigenvalue weighted by Crippen LogP contribution is -2.52. The summed E-state index contributed by atoms with van der Waals surface area (Å²) in [6.45, 7) is 0. The molecule has 0 bridgehead atoms. The largest absolute Gasteiger partial charge is 0.470 e. The number of anilines is 1. The Labute approximate surface area is 78.5 Å². The number of imide groups is 2. The zero-order valence-electron chi connectivity index (χ0n) is 7.02. The maximum absolute atomic E-state index is 11.3. The number of carbonyl (C=O) groups excluding carboxylic acids is 3. The maximum Gasteiger partial charge on any atom is 0.335 e. The molecule has 14 heavy (non-hydrogen) atoms. The van der Waals surface area contributed by atoms with Crippen LogP contribution >= 0.6 is 0 Å². The van der Waals surface area contributed by atoms with E-state index in [1.54, 1.807) is 0 Å². The molecule has 1 aliphatic heterocycles. The van der Waals surface area contributed by atoms with E-state index >= 15 is 0 Å². The van der Waals surface area contributed by atoms with Crippen molar-refractivity contribution >= 4 is 23.5 Å². The molecule has 0 aliphatic carbocycles. The molecule has 72 valence electrons. The molecule has 1 aromatic rings. The molecule has 0 spiro atoms. The quantitative estimate of drug-likeness (QED) is 0.650. The Bertz CT molecular complexity index is 375. The molecule has 1 saturated heterocycles. The third kappa shape index (κ3) is 1.26. The van der Waals surface area contributed by atoms with Crippen molar-refractivity contribution in [1.29, 1.82) is 0 Å². The van der Waals surface area contributed by atoms with Crippen LogP contribution in [0.25, 0.3) is 0 Å². The first-order valence-corrected chi connectivity index (χ1v) is 3.87. The average Bonchev–Trinajstić information content (AvgIpc) is 2.54. The van der Waals surface area contributed by atoms with E-state index in [0.29, 0.717) is 5.69 Å². The summed E-state index contributed by atoms with van der Waals surface area (Å²) in [6.07, 6.45) is 2.27. The molecule has 1 fully saturated rings. The molecule has 0 saturated carbocycles. The number of hydrogen-bond donors (Lipinski definition) is 1. The molecule has 0 atom stereocenters. The van der Waals surface area contributed by atoms with Crippen molar-refractivity contribution in [2.75, 3.05) is 4.90 Å². The van der Waals surface area contributed by atoms with Gasteiger partial charge >= 0.3 is 6.03 Å². The van der Waals surface area contributed by atoms with E-state index in [0.717, 1.165) is 4.90 Å². The monoisotopic (exact) mass is 194 g/mol. The third-order valence-electron chi connectivity index (χ3n) is 1.77. The lowest BCUT2D eigenvalue weighted by molar-refractivity contribution is -0.128. The van der Waals surface area contributed by atoms with Gasteiger partial charge < -0.3 is 4.42 Å². The van der Waals surface area contributed by atoms with Gasteiger partial charge in [-0.05, 0) is 0 Å². The molecular formula is C8H6N2O4. The van der Waals surface area contributed by atoms with Crippen LogP contribution in [0.3, 0.4) is 0 Å². The lowest BCUT2D eigenvalue weighted by atomic mass is 10.3. The minimum Gasteiger partial charge on any atom is -0.470 e. The van der Waals surface area contributed by atoms with E-state index in [1.807, 2.05) is 5.32 Å². The normalized spacial score (nSPS) is 17.1. The molecule has 1 aliphatic rings. The Balaban J connectivity index is 2.31. The highest BCUT2D eigenvalue weighted by Crippen LogP contribution is 2.17. The predicted molar refractivity (Wildman–Crippen MR) is 44.3 cm³/mol. The zero-order chi connectivity index (χ0) is 10.1.